The Morgan fingerprint density at radius 1 is 0.600 bits per heavy atom. The van der Waals surface area contributed by atoms with Gasteiger partial charge in [0.2, 0.25) is 5.71 Å². The van der Waals surface area contributed by atoms with Crippen LogP contribution in [0, 0.1) is 0 Å². The molecule has 0 bridgehead atoms. The van der Waals surface area contributed by atoms with Gasteiger partial charge in [0, 0.05) is 51.2 Å². The van der Waals surface area contributed by atoms with E-state index in [4.69, 9.17) is 0 Å². The van der Waals surface area contributed by atoms with Crippen molar-refractivity contribution >= 4 is 28.2 Å². The number of allylic oxidation sites excluding steroid dienone is 5. The topological polar surface area (TPSA) is 9.49 Å². The minimum atomic E-state index is 1.18. The summed E-state index contributed by atoms with van der Waals surface area (Å²) in [4.78, 5) is 4.33. The maximum Gasteiger partial charge on any atom is 0.207 e. The minimum Gasteiger partial charge on any atom is -0.378 e. The Bertz CT molecular complexity index is 1610. The Morgan fingerprint density at radius 3 is 1.77 bits per heavy atom. The van der Waals surface area contributed by atoms with E-state index in [9.17, 15) is 0 Å². The predicted molar refractivity (Wildman–Crippen MR) is 174 cm³/mol. The second-order valence-corrected chi connectivity index (χ2v) is 10.8. The third-order valence-corrected chi connectivity index (χ3v) is 7.38. The summed E-state index contributed by atoms with van der Waals surface area (Å²) in [6.07, 6.45) is 6.86. The van der Waals surface area contributed by atoms with Crippen LogP contribution >= 0.6 is 0 Å². The molecule has 0 radical (unpaired) electrons. The molecule has 200 valence electrons. The first-order valence-electron chi connectivity index (χ1n) is 13.7. The van der Waals surface area contributed by atoms with Crippen molar-refractivity contribution in [1.82, 2.24) is 0 Å². The molecule has 1 aliphatic carbocycles. The molecule has 3 nitrogen and oxygen atoms in total. The lowest BCUT2D eigenvalue weighted by Crippen LogP contribution is -2.15. The minimum absolute atomic E-state index is 1.18. The molecular formula is C37H38N3+. The third-order valence-electron chi connectivity index (χ3n) is 7.38. The van der Waals surface area contributed by atoms with Crippen LogP contribution in [-0.4, -0.2) is 52.6 Å². The molecule has 1 aliphatic rings. The van der Waals surface area contributed by atoms with Crippen molar-refractivity contribution in [3.8, 4) is 11.1 Å². The standard InChI is InChI=1S/C37H38N3/c1-38(2)32-21-17-29(18-22-32)37(30-19-23-35(39(3)4)33(25-30)27-13-9-7-10-14-27)31-20-24-36(40(5)6)34(26-31)28-15-11-8-12-16-28/h7-26H,1-6H3/q+1. The van der Waals surface area contributed by atoms with Crippen LogP contribution < -0.4 is 9.80 Å². The predicted octanol–water partition coefficient (Wildman–Crippen LogP) is 7.65. The van der Waals surface area contributed by atoms with Gasteiger partial charge in [0.15, 0.2) is 0 Å². The van der Waals surface area contributed by atoms with Gasteiger partial charge in [-0.15, -0.1) is 0 Å². The molecule has 0 amide bonds. The summed E-state index contributed by atoms with van der Waals surface area (Å²) < 4.78 is 2.19. The van der Waals surface area contributed by atoms with Crippen molar-refractivity contribution < 1.29 is 4.58 Å². The van der Waals surface area contributed by atoms with Crippen molar-refractivity contribution in [3.63, 3.8) is 0 Å². The molecule has 0 aromatic heterocycles. The summed E-state index contributed by atoms with van der Waals surface area (Å²) >= 11 is 0. The Morgan fingerprint density at radius 2 is 1.20 bits per heavy atom. The summed E-state index contributed by atoms with van der Waals surface area (Å²) in [7, 11) is 12.6. The van der Waals surface area contributed by atoms with Gasteiger partial charge in [-0.1, -0.05) is 78.9 Å². The first-order valence-corrected chi connectivity index (χ1v) is 13.7. The lowest BCUT2D eigenvalue weighted by atomic mass is 9.85. The van der Waals surface area contributed by atoms with Crippen LogP contribution in [0.3, 0.4) is 0 Å². The summed E-state index contributed by atoms with van der Waals surface area (Å²) in [5.74, 6) is 0. The SMILES string of the molecule is CN(C)c1ccc(/C(=C2/C=CC(=[N+](C)C)C(c3ccccc3)=C2)c2ccc(N(C)C)c(-c3ccccc3)c2)cc1. The molecule has 4 aromatic rings. The van der Waals surface area contributed by atoms with E-state index in [2.05, 4.69) is 178 Å². The van der Waals surface area contributed by atoms with Crippen LogP contribution in [0.5, 0.6) is 0 Å². The molecule has 0 atom stereocenters. The molecule has 0 saturated heterocycles. The number of anilines is 2. The summed E-state index contributed by atoms with van der Waals surface area (Å²) in [5.41, 5.74) is 13.2. The zero-order valence-electron chi connectivity index (χ0n) is 24.4. The van der Waals surface area contributed by atoms with Gasteiger partial charge in [-0.2, -0.15) is 0 Å². The molecule has 0 N–H and O–H groups in total. The van der Waals surface area contributed by atoms with E-state index in [1.165, 1.54) is 61.6 Å². The van der Waals surface area contributed by atoms with Crippen molar-refractivity contribution in [1.29, 1.82) is 0 Å². The quantitative estimate of drug-likeness (QED) is 0.240. The van der Waals surface area contributed by atoms with Crippen molar-refractivity contribution in [2.24, 2.45) is 0 Å². The van der Waals surface area contributed by atoms with Crippen LogP contribution in [0.1, 0.15) is 16.7 Å². The molecule has 3 heteroatoms. The lowest BCUT2D eigenvalue weighted by molar-refractivity contribution is -0.462. The highest BCUT2D eigenvalue weighted by Crippen LogP contribution is 2.38. The monoisotopic (exact) mass is 524 g/mol. The fraction of sp³-hybridized carbons (Fsp3) is 0.162. The first kappa shape index (κ1) is 27.0. The van der Waals surface area contributed by atoms with E-state index in [1.807, 2.05) is 0 Å². The van der Waals surface area contributed by atoms with Crippen LogP contribution in [0.2, 0.25) is 0 Å². The average Bonchev–Trinajstić information content (AvgIpc) is 2.98. The van der Waals surface area contributed by atoms with Gasteiger partial charge in [0.05, 0.1) is 5.57 Å². The summed E-state index contributed by atoms with van der Waals surface area (Å²) in [5, 5.41) is 0. The molecule has 4 aromatic carbocycles. The van der Waals surface area contributed by atoms with Crippen molar-refractivity contribution in [2.75, 3.05) is 52.1 Å². The van der Waals surface area contributed by atoms with E-state index in [1.54, 1.807) is 0 Å². The Labute approximate surface area is 239 Å². The van der Waals surface area contributed by atoms with Crippen molar-refractivity contribution in [2.45, 2.75) is 0 Å². The molecule has 0 aliphatic heterocycles. The lowest BCUT2D eigenvalue weighted by Gasteiger charge is -2.22. The molecule has 0 saturated carbocycles. The van der Waals surface area contributed by atoms with Gasteiger partial charge >= 0.3 is 0 Å². The number of nitrogens with zero attached hydrogens (tertiary/aromatic N) is 3. The Hall–Kier alpha value is -4.63. The highest BCUT2D eigenvalue weighted by molar-refractivity contribution is 6.28. The first-order chi connectivity index (χ1) is 19.3. The number of hydrogen-bond donors (Lipinski definition) is 0. The molecule has 0 unspecified atom stereocenters. The van der Waals surface area contributed by atoms with Gasteiger partial charge < -0.3 is 9.80 Å². The van der Waals surface area contributed by atoms with E-state index >= 15 is 0 Å². The summed E-state index contributed by atoms with van der Waals surface area (Å²) in [6, 6.07) is 37.1. The zero-order chi connectivity index (χ0) is 28.2. The summed E-state index contributed by atoms with van der Waals surface area (Å²) in [6.45, 7) is 0. The van der Waals surface area contributed by atoms with Crippen LogP contribution in [-0.2, 0) is 0 Å². The zero-order valence-corrected chi connectivity index (χ0v) is 24.4. The molecule has 0 heterocycles. The van der Waals surface area contributed by atoms with E-state index in [0.29, 0.717) is 0 Å². The molecular weight excluding hydrogens is 486 g/mol. The second kappa shape index (κ2) is 11.6. The van der Waals surface area contributed by atoms with Gasteiger partial charge in [-0.25, -0.2) is 4.58 Å². The smallest absolute Gasteiger partial charge is 0.207 e. The maximum absolute atomic E-state index is 2.35. The number of hydrogen-bond acceptors (Lipinski definition) is 2. The highest BCUT2D eigenvalue weighted by atomic mass is 15.1. The average molecular weight is 525 g/mol. The normalized spacial score (nSPS) is 14.1. The number of benzene rings is 4. The molecule has 0 spiro atoms. The fourth-order valence-corrected chi connectivity index (χ4v) is 5.29. The van der Waals surface area contributed by atoms with Crippen LogP contribution in [0.15, 0.2) is 127 Å². The van der Waals surface area contributed by atoms with Gasteiger partial charge in [0.25, 0.3) is 0 Å². The Balaban J connectivity index is 1.79. The molecule has 40 heavy (non-hydrogen) atoms. The largest absolute Gasteiger partial charge is 0.378 e. The van der Waals surface area contributed by atoms with E-state index < -0.39 is 0 Å². The maximum atomic E-state index is 2.35. The highest BCUT2D eigenvalue weighted by Gasteiger charge is 2.21. The Kier molecular flexibility index (Phi) is 7.84. The van der Waals surface area contributed by atoms with E-state index in [-0.39, 0.29) is 0 Å². The number of rotatable bonds is 6. The van der Waals surface area contributed by atoms with Crippen LogP contribution in [0.4, 0.5) is 11.4 Å². The molecule has 0 fully saturated rings. The third kappa shape index (κ3) is 5.55. The fourth-order valence-electron chi connectivity index (χ4n) is 5.29. The molecule has 5 rings (SSSR count). The van der Waals surface area contributed by atoms with Gasteiger partial charge in [0.1, 0.15) is 14.1 Å². The van der Waals surface area contributed by atoms with Gasteiger partial charge in [-0.3, -0.25) is 0 Å². The van der Waals surface area contributed by atoms with Gasteiger partial charge in [-0.05, 0) is 69.8 Å². The van der Waals surface area contributed by atoms with Crippen LogP contribution in [0.25, 0.3) is 22.3 Å². The second-order valence-electron chi connectivity index (χ2n) is 10.8. The van der Waals surface area contributed by atoms with Crippen molar-refractivity contribution in [3.05, 3.63) is 144 Å². The van der Waals surface area contributed by atoms with E-state index in [0.717, 1.165) is 0 Å².